The number of nitroso groups, excluding NO2 is 1. The normalized spacial score (nSPS) is 12.3. The third-order valence-corrected chi connectivity index (χ3v) is 0.654. The molecule has 0 aromatic heterocycles. The maximum Gasteiger partial charge on any atom is 0.482 e. The van der Waals surface area contributed by atoms with Crippen molar-refractivity contribution in [2.24, 2.45) is 5.18 Å². The zero-order valence-electron chi connectivity index (χ0n) is 5.04. The first kappa shape index (κ1) is 10.5. The SMILES string of the molecule is O=NC(F)(F)C(F)(F)O[N+](=O)[O-]. The number of rotatable bonds is 4. The molecule has 0 saturated heterocycles. The summed E-state index contributed by atoms with van der Waals surface area (Å²) in [5.41, 5.74) is 0. The van der Waals surface area contributed by atoms with Gasteiger partial charge in [0.1, 0.15) is 0 Å². The molecule has 0 aliphatic rings. The second-order valence-corrected chi connectivity index (χ2v) is 1.46. The minimum atomic E-state index is -5.54. The van der Waals surface area contributed by atoms with Crippen molar-refractivity contribution in [3.8, 4) is 0 Å². The van der Waals surface area contributed by atoms with Gasteiger partial charge in [-0.3, -0.25) is 0 Å². The molecule has 0 aromatic rings. The van der Waals surface area contributed by atoms with E-state index in [4.69, 9.17) is 4.91 Å². The Labute approximate surface area is 61.2 Å². The summed E-state index contributed by atoms with van der Waals surface area (Å²) in [6, 6.07) is -5.46. The van der Waals surface area contributed by atoms with Gasteiger partial charge in [0.25, 0.3) is 0 Å². The fraction of sp³-hybridized carbons (Fsp3) is 1.00. The average molecular weight is 192 g/mol. The van der Waals surface area contributed by atoms with Crippen molar-refractivity contribution in [3.63, 3.8) is 0 Å². The highest BCUT2D eigenvalue weighted by atomic mass is 19.3. The predicted octanol–water partition coefficient (Wildman–Crippen LogP) is 1.15. The summed E-state index contributed by atoms with van der Waals surface area (Å²) in [5.74, 6) is 0. The molecule has 0 saturated carbocycles. The van der Waals surface area contributed by atoms with Crippen LogP contribution in [0.15, 0.2) is 5.18 Å². The maximum atomic E-state index is 11.7. The first-order valence-electron chi connectivity index (χ1n) is 2.16. The van der Waals surface area contributed by atoms with E-state index in [9.17, 15) is 27.7 Å². The molecule has 0 fully saturated rings. The van der Waals surface area contributed by atoms with Gasteiger partial charge in [-0.15, -0.1) is 15.0 Å². The third-order valence-electron chi connectivity index (χ3n) is 0.654. The van der Waals surface area contributed by atoms with Gasteiger partial charge in [0.15, 0.2) is 0 Å². The van der Waals surface area contributed by atoms with Crippen molar-refractivity contribution >= 4 is 0 Å². The Kier molecular flexibility index (Phi) is 2.52. The number of hydrogen-bond acceptors (Lipinski definition) is 5. The van der Waals surface area contributed by atoms with Crippen LogP contribution in [0, 0.1) is 15.0 Å². The number of nitrogens with zero attached hydrogens (tertiary/aromatic N) is 2. The zero-order chi connectivity index (χ0) is 9.99. The van der Waals surface area contributed by atoms with Crippen molar-refractivity contribution in [1.29, 1.82) is 0 Å². The molecule has 0 rings (SSSR count). The van der Waals surface area contributed by atoms with Crippen molar-refractivity contribution in [2.45, 2.75) is 12.2 Å². The van der Waals surface area contributed by atoms with Crippen molar-refractivity contribution in [2.75, 3.05) is 0 Å². The van der Waals surface area contributed by atoms with E-state index in [0.717, 1.165) is 0 Å². The minimum Gasteiger partial charge on any atom is -0.228 e. The van der Waals surface area contributed by atoms with Crippen LogP contribution in [0.4, 0.5) is 17.6 Å². The fourth-order valence-electron chi connectivity index (χ4n) is 0.202. The Morgan fingerprint density at radius 2 is 1.75 bits per heavy atom. The molecule has 0 heterocycles. The summed E-state index contributed by atoms with van der Waals surface area (Å²) >= 11 is 0. The molecule has 12 heavy (non-hydrogen) atoms. The summed E-state index contributed by atoms with van der Waals surface area (Å²) in [6.07, 6.45) is -5.54. The van der Waals surface area contributed by atoms with Crippen LogP contribution < -0.4 is 0 Å². The lowest BCUT2D eigenvalue weighted by Crippen LogP contribution is -2.42. The summed E-state index contributed by atoms with van der Waals surface area (Å²) in [4.78, 5) is 20.5. The Morgan fingerprint density at radius 1 is 1.33 bits per heavy atom. The van der Waals surface area contributed by atoms with Gasteiger partial charge in [-0.2, -0.15) is 17.6 Å². The standard InChI is InChI=1S/C2F4N2O4/c3-1(4,7-9)2(5,6)12-8(10)11. The molecule has 0 unspecified atom stereocenters. The van der Waals surface area contributed by atoms with E-state index in [2.05, 4.69) is 4.84 Å². The van der Waals surface area contributed by atoms with Crippen LogP contribution in [0.5, 0.6) is 0 Å². The average Bonchev–Trinajstić information content (AvgIpc) is 1.84. The quantitative estimate of drug-likeness (QED) is 0.220. The molecule has 0 radical (unpaired) electrons. The van der Waals surface area contributed by atoms with Crippen molar-refractivity contribution in [3.05, 3.63) is 15.0 Å². The lowest BCUT2D eigenvalue weighted by molar-refractivity contribution is -0.810. The van der Waals surface area contributed by atoms with Gasteiger partial charge in [-0.25, -0.2) is 4.84 Å². The molecule has 70 valence electrons. The van der Waals surface area contributed by atoms with E-state index in [-0.39, 0.29) is 0 Å². The largest absolute Gasteiger partial charge is 0.482 e. The molecule has 0 N–H and O–H groups in total. The Balaban J connectivity index is 4.59. The Morgan fingerprint density at radius 3 is 2.00 bits per heavy atom. The van der Waals surface area contributed by atoms with Gasteiger partial charge in [-0.05, 0) is 0 Å². The molecular formula is C2F4N2O4. The first-order chi connectivity index (χ1) is 5.23. The van der Waals surface area contributed by atoms with Gasteiger partial charge >= 0.3 is 17.2 Å². The summed E-state index contributed by atoms with van der Waals surface area (Å²) in [7, 11) is 0. The minimum absolute atomic E-state index is 0.682. The van der Waals surface area contributed by atoms with E-state index in [0.29, 0.717) is 5.18 Å². The summed E-state index contributed by atoms with van der Waals surface area (Å²) < 4.78 is 46.8. The van der Waals surface area contributed by atoms with Crippen LogP contribution in [0.3, 0.4) is 0 Å². The van der Waals surface area contributed by atoms with Gasteiger partial charge in [0.05, 0.1) is 0 Å². The van der Waals surface area contributed by atoms with Gasteiger partial charge in [0, 0.05) is 5.18 Å². The number of alkyl halides is 4. The molecule has 10 heteroatoms. The van der Waals surface area contributed by atoms with E-state index in [1.807, 2.05) is 0 Å². The lowest BCUT2D eigenvalue weighted by atomic mass is 10.5. The van der Waals surface area contributed by atoms with Crippen LogP contribution >= 0.6 is 0 Å². The van der Waals surface area contributed by atoms with Crippen LogP contribution in [0.25, 0.3) is 0 Å². The lowest BCUT2D eigenvalue weighted by Gasteiger charge is -2.16. The monoisotopic (exact) mass is 192 g/mol. The molecule has 0 amide bonds. The highest BCUT2D eigenvalue weighted by Gasteiger charge is 2.62. The fourth-order valence-corrected chi connectivity index (χ4v) is 0.202. The molecule has 0 aliphatic carbocycles. The third kappa shape index (κ3) is 2.00. The molecule has 6 nitrogen and oxygen atoms in total. The van der Waals surface area contributed by atoms with Crippen LogP contribution in [0.1, 0.15) is 0 Å². The first-order valence-corrected chi connectivity index (χ1v) is 2.16. The molecular weight excluding hydrogens is 192 g/mol. The molecule has 0 aromatic carbocycles. The summed E-state index contributed by atoms with van der Waals surface area (Å²) in [6.45, 7) is 0. The van der Waals surface area contributed by atoms with E-state index in [1.54, 1.807) is 0 Å². The van der Waals surface area contributed by atoms with E-state index < -0.39 is 17.2 Å². The topological polar surface area (TPSA) is 81.8 Å². The molecule has 0 bridgehead atoms. The highest BCUT2D eigenvalue weighted by Crippen LogP contribution is 2.35. The number of hydrogen-bond donors (Lipinski definition) is 0. The molecule has 0 atom stereocenters. The Bertz CT molecular complexity index is 205. The second-order valence-electron chi connectivity index (χ2n) is 1.46. The van der Waals surface area contributed by atoms with Crippen molar-refractivity contribution in [1.82, 2.24) is 0 Å². The molecule has 0 spiro atoms. The van der Waals surface area contributed by atoms with Gasteiger partial charge in [-0.1, -0.05) is 0 Å². The van der Waals surface area contributed by atoms with E-state index in [1.165, 1.54) is 0 Å². The Hall–Kier alpha value is -1.48. The maximum absolute atomic E-state index is 11.7. The number of halogens is 4. The summed E-state index contributed by atoms with van der Waals surface area (Å²) in [5, 5.41) is 7.73. The molecule has 0 aliphatic heterocycles. The highest BCUT2D eigenvalue weighted by molar-refractivity contribution is 4.71. The zero-order valence-corrected chi connectivity index (χ0v) is 5.04. The van der Waals surface area contributed by atoms with E-state index >= 15 is 0 Å². The van der Waals surface area contributed by atoms with Gasteiger partial charge in [0.2, 0.25) is 0 Å². The van der Waals surface area contributed by atoms with Crippen LogP contribution in [-0.4, -0.2) is 17.2 Å². The van der Waals surface area contributed by atoms with Crippen LogP contribution in [-0.2, 0) is 4.84 Å². The van der Waals surface area contributed by atoms with Gasteiger partial charge < -0.3 is 0 Å². The second kappa shape index (κ2) is 2.87. The van der Waals surface area contributed by atoms with Crippen LogP contribution in [0.2, 0.25) is 0 Å². The predicted molar refractivity (Wildman–Crippen MR) is 23.8 cm³/mol. The smallest absolute Gasteiger partial charge is 0.228 e. The van der Waals surface area contributed by atoms with Crippen molar-refractivity contribution < 1.29 is 27.5 Å².